The summed E-state index contributed by atoms with van der Waals surface area (Å²) < 4.78 is 0. The molecule has 2 atom stereocenters. The number of imide groups is 1. The largest absolute Gasteiger partial charge is 0.330 e. The Kier molecular flexibility index (Phi) is 2.87. The smallest absolute Gasteiger partial charge is 0.325 e. The Morgan fingerprint density at radius 2 is 1.40 bits per heavy atom. The van der Waals surface area contributed by atoms with Crippen LogP contribution in [0.4, 0.5) is 4.79 Å². The third-order valence-corrected chi connectivity index (χ3v) is 5.12. The SMILES string of the molecule is CC(=O)N1C(=O)N(C)[C@]2(C)N(C)C(=S)N(C(C)=O)[C@]12C. The van der Waals surface area contributed by atoms with Crippen LogP contribution in [0.3, 0.4) is 0 Å². The molecule has 2 saturated heterocycles. The highest BCUT2D eigenvalue weighted by Gasteiger charge is 2.73. The quantitative estimate of drug-likeness (QED) is 0.606. The lowest BCUT2D eigenvalue weighted by Crippen LogP contribution is -2.65. The summed E-state index contributed by atoms with van der Waals surface area (Å²) in [6, 6.07) is -0.442. The molecule has 110 valence electrons. The molecular formula is C12H18N4O3S. The van der Waals surface area contributed by atoms with Gasteiger partial charge in [-0.05, 0) is 26.1 Å². The first kappa shape index (κ1) is 14.7. The Morgan fingerprint density at radius 1 is 0.950 bits per heavy atom. The lowest BCUT2D eigenvalue weighted by Gasteiger charge is -2.43. The van der Waals surface area contributed by atoms with Gasteiger partial charge in [-0.1, -0.05) is 0 Å². The van der Waals surface area contributed by atoms with Crippen molar-refractivity contribution in [2.24, 2.45) is 0 Å². The molecule has 8 heteroatoms. The molecule has 7 nitrogen and oxygen atoms in total. The predicted molar refractivity (Wildman–Crippen MR) is 75.4 cm³/mol. The first-order valence-electron chi connectivity index (χ1n) is 6.20. The summed E-state index contributed by atoms with van der Waals surface area (Å²) in [5.41, 5.74) is -2.07. The van der Waals surface area contributed by atoms with E-state index in [4.69, 9.17) is 12.2 Å². The van der Waals surface area contributed by atoms with Gasteiger partial charge in [0.15, 0.2) is 16.4 Å². The van der Waals surface area contributed by atoms with Crippen LogP contribution < -0.4 is 0 Å². The Balaban J connectivity index is 2.77. The van der Waals surface area contributed by atoms with Crippen molar-refractivity contribution < 1.29 is 14.4 Å². The second-order valence-corrected chi connectivity index (χ2v) is 5.80. The zero-order chi connectivity index (χ0) is 15.6. The van der Waals surface area contributed by atoms with E-state index in [-0.39, 0.29) is 5.91 Å². The monoisotopic (exact) mass is 298 g/mol. The van der Waals surface area contributed by atoms with E-state index in [2.05, 4.69) is 0 Å². The molecule has 0 aromatic carbocycles. The van der Waals surface area contributed by atoms with Crippen LogP contribution in [0, 0.1) is 0 Å². The standard InChI is InChI=1S/C12H18N4O3S/c1-7(17)15-9(19)13(5)11(3)12(15,4)16(8(2)18)10(20)14(11)6/h1-6H3/t11-,12+/m1/s1. The van der Waals surface area contributed by atoms with Crippen LogP contribution in [0.2, 0.25) is 0 Å². The van der Waals surface area contributed by atoms with E-state index in [1.807, 2.05) is 0 Å². The van der Waals surface area contributed by atoms with E-state index < -0.39 is 23.3 Å². The molecule has 20 heavy (non-hydrogen) atoms. The highest BCUT2D eigenvalue weighted by molar-refractivity contribution is 7.80. The van der Waals surface area contributed by atoms with Crippen LogP contribution in [0.15, 0.2) is 0 Å². The molecule has 0 radical (unpaired) electrons. The first-order valence-corrected chi connectivity index (χ1v) is 6.61. The predicted octanol–water partition coefficient (Wildman–Crippen LogP) is 0.411. The van der Waals surface area contributed by atoms with E-state index in [1.165, 1.54) is 23.6 Å². The van der Waals surface area contributed by atoms with Crippen LogP contribution in [-0.4, -0.2) is 68.0 Å². The number of hydrogen-bond donors (Lipinski definition) is 0. The van der Waals surface area contributed by atoms with E-state index in [0.29, 0.717) is 5.11 Å². The Bertz CT molecular complexity index is 507. The maximum Gasteiger partial charge on any atom is 0.330 e. The minimum Gasteiger partial charge on any atom is -0.325 e. The molecule has 0 saturated carbocycles. The fraction of sp³-hybridized carbons (Fsp3) is 0.667. The molecule has 4 amide bonds. The number of hydrogen-bond acceptors (Lipinski definition) is 4. The van der Waals surface area contributed by atoms with Gasteiger partial charge in [0.2, 0.25) is 11.8 Å². The molecule has 0 N–H and O–H groups in total. The zero-order valence-electron chi connectivity index (χ0n) is 12.4. The number of amides is 4. The molecule has 0 aromatic rings. The number of fused-ring (bicyclic) bond motifs is 1. The summed E-state index contributed by atoms with van der Waals surface area (Å²) in [5, 5.41) is 0.299. The molecule has 2 aliphatic heterocycles. The minimum absolute atomic E-state index is 0.299. The van der Waals surface area contributed by atoms with Crippen LogP contribution >= 0.6 is 12.2 Å². The third-order valence-electron chi connectivity index (χ3n) is 4.66. The molecule has 0 unspecified atom stereocenters. The van der Waals surface area contributed by atoms with E-state index in [0.717, 1.165) is 4.90 Å². The first-order chi connectivity index (χ1) is 9.02. The molecule has 0 bridgehead atoms. The van der Waals surface area contributed by atoms with Crippen LogP contribution in [0.25, 0.3) is 0 Å². The lowest BCUT2D eigenvalue weighted by atomic mass is 9.95. The number of urea groups is 1. The van der Waals surface area contributed by atoms with Crippen molar-refractivity contribution >= 4 is 35.2 Å². The Morgan fingerprint density at radius 3 is 1.80 bits per heavy atom. The second kappa shape index (κ2) is 3.91. The summed E-state index contributed by atoms with van der Waals surface area (Å²) in [6.45, 7) is 6.16. The summed E-state index contributed by atoms with van der Waals surface area (Å²) in [4.78, 5) is 42.0. The summed E-state index contributed by atoms with van der Waals surface area (Å²) >= 11 is 5.32. The second-order valence-electron chi connectivity index (χ2n) is 5.43. The van der Waals surface area contributed by atoms with Crippen molar-refractivity contribution in [2.75, 3.05) is 14.1 Å². The molecule has 2 aliphatic rings. The summed E-state index contributed by atoms with van der Waals surface area (Å²) in [5.74, 6) is -0.722. The van der Waals surface area contributed by atoms with Gasteiger partial charge in [-0.15, -0.1) is 0 Å². The van der Waals surface area contributed by atoms with Gasteiger partial charge in [-0.25, -0.2) is 9.69 Å². The molecule has 2 fully saturated rings. The maximum absolute atomic E-state index is 12.4. The average Bonchev–Trinajstić information content (AvgIpc) is 2.57. The van der Waals surface area contributed by atoms with Gasteiger partial charge in [0, 0.05) is 27.9 Å². The van der Waals surface area contributed by atoms with Crippen molar-refractivity contribution in [2.45, 2.75) is 39.0 Å². The summed E-state index contributed by atoms with van der Waals surface area (Å²) in [7, 11) is 3.32. The van der Waals surface area contributed by atoms with Crippen molar-refractivity contribution in [1.82, 2.24) is 19.6 Å². The number of nitrogens with zero attached hydrogens (tertiary/aromatic N) is 4. The fourth-order valence-corrected chi connectivity index (χ4v) is 3.80. The van der Waals surface area contributed by atoms with E-state index >= 15 is 0 Å². The number of carbonyl (C=O) groups is 3. The van der Waals surface area contributed by atoms with Gasteiger partial charge in [0.05, 0.1) is 0 Å². The van der Waals surface area contributed by atoms with Crippen molar-refractivity contribution in [3.05, 3.63) is 0 Å². The number of thiocarbonyl (C=S) groups is 1. The van der Waals surface area contributed by atoms with Crippen molar-refractivity contribution in [3.63, 3.8) is 0 Å². The summed E-state index contributed by atoms with van der Waals surface area (Å²) in [6.07, 6.45) is 0. The van der Waals surface area contributed by atoms with Crippen molar-refractivity contribution in [3.8, 4) is 0 Å². The Labute approximate surface area is 123 Å². The number of carbonyl (C=O) groups excluding carboxylic acids is 3. The van der Waals surface area contributed by atoms with Crippen LogP contribution in [-0.2, 0) is 9.59 Å². The van der Waals surface area contributed by atoms with Gasteiger partial charge in [-0.3, -0.25) is 14.5 Å². The molecule has 0 aliphatic carbocycles. The highest BCUT2D eigenvalue weighted by Crippen LogP contribution is 2.50. The van der Waals surface area contributed by atoms with Gasteiger partial charge in [0.25, 0.3) is 0 Å². The zero-order valence-corrected chi connectivity index (χ0v) is 13.2. The average molecular weight is 298 g/mol. The number of likely N-dealkylation sites (N-methyl/N-ethyl adjacent to an activating group) is 2. The van der Waals surface area contributed by atoms with Gasteiger partial charge >= 0.3 is 6.03 Å². The molecule has 2 heterocycles. The molecule has 0 aromatic heterocycles. The molecular weight excluding hydrogens is 280 g/mol. The van der Waals surface area contributed by atoms with Gasteiger partial charge < -0.3 is 9.80 Å². The fourth-order valence-electron chi connectivity index (χ4n) is 3.31. The Hall–Kier alpha value is -1.70. The van der Waals surface area contributed by atoms with Crippen LogP contribution in [0.1, 0.15) is 27.7 Å². The van der Waals surface area contributed by atoms with Gasteiger partial charge in [0.1, 0.15) is 0 Å². The van der Waals surface area contributed by atoms with E-state index in [9.17, 15) is 14.4 Å². The van der Waals surface area contributed by atoms with Crippen LogP contribution in [0.5, 0.6) is 0 Å². The van der Waals surface area contributed by atoms with Crippen molar-refractivity contribution in [1.29, 1.82) is 0 Å². The topological polar surface area (TPSA) is 64.2 Å². The van der Waals surface area contributed by atoms with E-state index in [1.54, 1.807) is 32.8 Å². The minimum atomic E-state index is -1.16. The van der Waals surface area contributed by atoms with Gasteiger partial charge in [-0.2, -0.15) is 0 Å². The third kappa shape index (κ3) is 1.25. The highest BCUT2D eigenvalue weighted by atomic mass is 32.1. The lowest BCUT2D eigenvalue weighted by molar-refractivity contribution is -0.143. The molecule has 0 spiro atoms. The maximum atomic E-state index is 12.4. The molecule has 2 rings (SSSR count). The number of rotatable bonds is 0. The normalized spacial score (nSPS) is 33.1.